The van der Waals surface area contributed by atoms with Crippen molar-refractivity contribution in [2.75, 3.05) is 5.32 Å². The van der Waals surface area contributed by atoms with Crippen LogP contribution in [0.1, 0.15) is 57.6 Å². The molecule has 0 aliphatic heterocycles. The lowest BCUT2D eigenvalue weighted by molar-refractivity contribution is -0.137. The van der Waals surface area contributed by atoms with Crippen LogP contribution in [0.2, 0.25) is 0 Å². The van der Waals surface area contributed by atoms with Crippen molar-refractivity contribution in [3.8, 4) is 5.75 Å². The molecule has 1 aliphatic carbocycles. The van der Waals surface area contributed by atoms with Crippen molar-refractivity contribution >= 4 is 28.6 Å². The standard InChI is InChI=1S/C26H27F3N2O4/c1-15(32)30-22-14-31(24(33)35-25(2,3)4)23-10-9-19(13-21(22)23)34-20-11-17(12-20)16-5-7-18(8-6-16)26(27,28)29/h5-10,13-14,17,20H,11-12H2,1-4H3,(H,30,32). The number of nitrogens with one attached hydrogen (secondary N) is 1. The van der Waals surface area contributed by atoms with Gasteiger partial charge in [0.15, 0.2) is 0 Å². The molecule has 186 valence electrons. The summed E-state index contributed by atoms with van der Waals surface area (Å²) >= 11 is 0. The van der Waals surface area contributed by atoms with Crippen molar-refractivity contribution in [3.05, 3.63) is 59.8 Å². The van der Waals surface area contributed by atoms with Crippen LogP contribution in [-0.4, -0.2) is 28.3 Å². The Morgan fingerprint density at radius 3 is 2.26 bits per heavy atom. The van der Waals surface area contributed by atoms with Crippen molar-refractivity contribution < 1.29 is 32.2 Å². The molecular formula is C26H27F3N2O4. The molecule has 1 fully saturated rings. The van der Waals surface area contributed by atoms with Crippen molar-refractivity contribution in [1.29, 1.82) is 0 Å². The van der Waals surface area contributed by atoms with Gasteiger partial charge in [-0.3, -0.25) is 9.36 Å². The van der Waals surface area contributed by atoms with Gasteiger partial charge >= 0.3 is 12.3 Å². The molecular weight excluding hydrogens is 461 g/mol. The van der Waals surface area contributed by atoms with Gasteiger partial charge in [-0.1, -0.05) is 12.1 Å². The van der Waals surface area contributed by atoms with Gasteiger partial charge in [-0.05, 0) is 75.4 Å². The van der Waals surface area contributed by atoms with E-state index in [0.717, 1.165) is 17.7 Å². The van der Waals surface area contributed by atoms with Gasteiger partial charge in [-0.25, -0.2) is 4.79 Å². The van der Waals surface area contributed by atoms with E-state index in [1.807, 2.05) is 0 Å². The van der Waals surface area contributed by atoms with Gasteiger partial charge < -0.3 is 14.8 Å². The van der Waals surface area contributed by atoms with Gasteiger partial charge in [0.25, 0.3) is 0 Å². The van der Waals surface area contributed by atoms with Crippen LogP contribution in [0.15, 0.2) is 48.7 Å². The first-order chi connectivity index (χ1) is 16.3. The van der Waals surface area contributed by atoms with Crippen LogP contribution in [-0.2, 0) is 15.7 Å². The Balaban J connectivity index is 1.49. The van der Waals surface area contributed by atoms with Crippen molar-refractivity contribution in [1.82, 2.24) is 4.57 Å². The van der Waals surface area contributed by atoms with Crippen LogP contribution < -0.4 is 10.1 Å². The van der Waals surface area contributed by atoms with Crippen LogP contribution in [0.3, 0.4) is 0 Å². The zero-order valence-electron chi connectivity index (χ0n) is 19.9. The third kappa shape index (κ3) is 5.61. The van der Waals surface area contributed by atoms with E-state index >= 15 is 0 Å². The van der Waals surface area contributed by atoms with Crippen molar-refractivity contribution in [2.24, 2.45) is 0 Å². The summed E-state index contributed by atoms with van der Waals surface area (Å²) in [6.45, 7) is 6.70. The second-order valence-corrected chi connectivity index (χ2v) is 9.78. The fourth-order valence-corrected chi connectivity index (χ4v) is 4.10. The fraction of sp³-hybridized carbons (Fsp3) is 0.385. The topological polar surface area (TPSA) is 69.6 Å². The Kier molecular flexibility index (Phi) is 6.29. The average Bonchev–Trinajstić information content (AvgIpc) is 3.06. The lowest BCUT2D eigenvalue weighted by Crippen LogP contribution is -2.32. The second-order valence-electron chi connectivity index (χ2n) is 9.78. The highest BCUT2D eigenvalue weighted by Crippen LogP contribution is 2.41. The van der Waals surface area contributed by atoms with Crippen LogP contribution in [0, 0.1) is 0 Å². The maximum Gasteiger partial charge on any atom is 0.419 e. The van der Waals surface area contributed by atoms with Crippen LogP contribution in [0.25, 0.3) is 10.9 Å². The number of ether oxygens (including phenoxy) is 2. The summed E-state index contributed by atoms with van der Waals surface area (Å²) in [7, 11) is 0. The minimum atomic E-state index is -4.35. The maximum absolute atomic E-state index is 12.8. The Bertz CT molecular complexity index is 1250. The van der Waals surface area contributed by atoms with E-state index in [2.05, 4.69) is 5.32 Å². The van der Waals surface area contributed by atoms with Gasteiger partial charge in [0.05, 0.1) is 22.9 Å². The SMILES string of the molecule is CC(=O)Nc1cn(C(=O)OC(C)(C)C)c2ccc(OC3CC(c4ccc(C(F)(F)F)cc4)C3)cc12. The Morgan fingerprint density at radius 2 is 1.69 bits per heavy atom. The smallest absolute Gasteiger partial charge is 0.419 e. The number of amides is 1. The lowest BCUT2D eigenvalue weighted by atomic mass is 9.77. The van der Waals surface area contributed by atoms with Crippen molar-refractivity contribution in [2.45, 2.75) is 64.3 Å². The molecule has 35 heavy (non-hydrogen) atoms. The van der Waals surface area contributed by atoms with Gasteiger partial charge in [0.1, 0.15) is 11.4 Å². The zero-order valence-corrected chi connectivity index (χ0v) is 19.9. The quantitative estimate of drug-likeness (QED) is 0.442. The van der Waals surface area contributed by atoms with Crippen LogP contribution in [0.5, 0.6) is 5.75 Å². The van der Waals surface area contributed by atoms with E-state index < -0.39 is 23.4 Å². The van der Waals surface area contributed by atoms with Gasteiger partial charge in [0.2, 0.25) is 5.91 Å². The number of anilines is 1. The maximum atomic E-state index is 12.8. The molecule has 0 radical (unpaired) electrons. The number of rotatable bonds is 4. The predicted molar refractivity (Wildman–Crippen MR) is 126 cm³/mol. The molecule has 0 unspecified atom stereocenters. The molecule has 0 atom stereocenters. The van der Waals surface area contributed by atoms with E-state index in [1.54, 1.807) is 39.0 Å². The summed E-state index contributed by atoms with van der Waals surface area (Å²) in [5, 5.41) is 3.36. The molecule has 3 aromatic rings. The van der Waals surface area contributed by atoms with E-state index in [9.17, 15) is 22.8 Å². The molecule has 9 heteroatoms. The molecule has 0 saturated heterocycles. The van der Waals surface area contributed by atoms with E-state index in [4.69, 9.17) is 9.47 Å². The summed E-state index contributed by atoms with van der Waals surface area (Å²) in [5.41, 5.74) is 0.538. The van der Waals surface area contributed by atoms with Crippen LogP contribution in [0.4, 0.5) is 23.7 Å². The van der Waals surface area contributed by atoms with E-state index in [0.29, 0.717) is 35.2 Å². The number of fused-ring (bicyclic) bond motifs is 1. The highest BCUT2D eigenvalue weighted by atomic mass is 19.4. The Hall–Kier alpha value is -3.49. The molecule has 0 bridgehead atoms. The molecule has 1 heterocycles. The molecule has 6 nitrogen and oxygen atoms in total. The van der Waals surface area contributed by atoms with E-state index in [-0.39, 0.29) is 17.9 Å². The first kappa shape index (κ1) is 24.6. The third-order valence-corrected chi connectivity index (χ3v) is 5.78. The Labute approximate surface area is 201 Å². The molecule has 1 N–H and O–H groups in total. The number of carbonyl (C=O) groups is 2. The number of aromatic nitrogens is 1. The highest BCUT2D eigenvalue weighted by Gasteiger charge is 2.34. The first-order valence-electron chi connectivity index (χ1n) is 11.3. The monoisotopic (exact) mass is 488 g/mol. The van der Waals surface area contributed by atoms with E-state index in [1.165, 1.54) is 29.8 Å². The van der Waals surface area contributed by atoms with Crippen molar-refractivity contribution in [3.63, 3.8) is 0 Å². The largest absolute Gasteiger partial charge is 0.490 e. The van der Waals surface area contributed by atoms with Gasteiger partial charge in [0, 0.05) is 18.5 Å². The molecule has 1 aromatic heterocycles. The number of nitrogens with zero attached hydrogens (tertiary/aromatic N) is 1. The molecule has 4 rings (SSSR count). The minimum absolute atomic E-state index is 0.0862. The van der Waals surface area contributed by atoms with Gasteiger partial charge in [-0.15, -0.1) is 0 Å². The number of hydrogen-bond donors (Lipinski definition) is 1. The normalized spacial score (nSPS) is 18.1. The number of hydrogen-bond acceptors (Lipinski definition) is 4. The zero-order chi connectivity index (χ0) is 25.5. The average molecular weight is 489 g/mol. The second kappa shape index (κ2) is 8.94. The minimum Gasteiger partial charge on any atom is -0.490 e. The molecule has 1 amide bonds. The summed E-state index contributed by atoms with van der Waals surface area (Å²) in [6, 6.07) is 10.5. The van der Waals surface area contributed by atoms with Gasteiger partial charge in [-0.2, -0.15) is 13.2 Å². The molecule has 0 spiro atoms. The lowest BCUT2D eigenvalue weighted by Gasteiger charge is -2.35. The number of carbonyl (C=O) groups excluding carboxylic acids is 2. The number of benzene rings is 2. The Morgan fingerprint density at radius 1 is 1.03 bits per heavy atom. The highest BCUT2D eigenvalue weighted by molar-refractivity contribution is 6.04. The summed E-state index contributed by atoms with van der Waals surface area (Å²) < 4.78 is 51.2. The summed E-state index contributed by atoms with van der Waals surface area (Å²) in [5.74, 6) is 0.425. The molecule has 2 aromatic carbocycles. The van der Waals surface area contributed by atoms with Crippen LogP contribution >= 0.6 is 0 Å². The first-order valence-corrected chi connectivity index (χ1v) is 11.3. The predicted octanol–water partition coefficient (Wildman–Crippen LogP) is 6.73. The summed E-state index contributed by atoms with van der Waals surface area (Å²) in [6.07, 6.45) is -2.11. The molecule has 1 aliphatic rings. The summed E-state index contributed by atoms with van der Waals surface area (Å²) in [4.78, 5) is 24.4. The fourth-order valence-electron chi connectivity index (χ4n) is 4.10. The molecule has 1 saturated carbocycles. The number of alkyl halides is 3. The number of halogens is 3. The third-order valence-electron chi connectivity index (χ3n) is 5.78.